The molecule has 0 unspecified atom stereocenters. The van der Waals surface area contributed by atoms with E-state index in [9.17, 15) is 18.0 Å². The Balaban J connectivity index is 2.15. The maximum absolute atomic E-state index is 13.8. The van der Waals surface area contributed by atoms with Crippen molar-refractivity contribution in [2.45, 2.75) is 11.3 Å². The van der Waals surface area contributed by atoms with Crippen molar-refractivity contribution in [3.05, 3.63) is 53.3 Å². The first-order valence-electron chi connectivity index (χ1n) is 6.01. The summed E-state index contributed by atoms with van der Waals surface area (Å²) in [6.45, 7) is 0. The minimum Gasteiger partial charge on any atom is -0.294 e. The van der Waals surface area contributed by atoms with E-state index in [1.165, 1.54) is 17.8 Å². The quantitative estimate of drug-likeness (QED) is 0.773. The molecule has 0 saturated heterocycles. The minimum absolute atomic E-state index is 0.0327. The van der Waals surface area contributed by atoms with E-state index in [1.807, 2.05) is 0 Å². The van der Waals surface area contributed by atoms with Gasteiger partial charge in [-0.15, -0.1) is 11.8 Å². The van der Waals surface area contributed by atoms with Crippen molar-refractivity contribution in [1.29, 1.82) is 0 Å². The van der Waals surface area contributed by atoms with Gasteiger partial charge in [0.25, 0.3) is 0 Å². The standard InChI is InChI=1S/C15H9F3OS/c16-9-6-11(17)15(12(18)7-9)8-1-2-10-13(19)3-4-20-14(10)5-8/h1-2,5-7H,3-4H2. The van der Waals surface area contributed by atoms with Gasteiger partial charge in [-0.05, 0) is 17.7 Å². The number of hydrogen-bond donors (Lipinski definition) is 0. The Kier molecular flexibility index (Phi) is 3.30. The van der Waals surface area contributed by atoms with Gasteiger partial charge in [0.1, 0.15) is 17.5 Å². The predicted molar refractivity (Wildman–Crippen MR) is 71.4 cm³/mol. The van der Waals surface area contributed by atoms with Gasteiger partial charge in [-0.1, -0.05) is 6.07 Å². The minimum atomic E-state index is -0.953. The number of carbonyl (C=O) groups is 1. The average Bonchev–Trinajstić information content (AvgIpc) is 2.37. The van der Waals surface area contributed by atoms with E-state index in [-0.39, 0.29) is 11.3 Å². The summed E-state index contributed by atoms with van der Waals surface area (Å²) >= 11 is 1.48. The molecule has 0 aliphatic carbocycles. The van der Waals surface area contributed by atoms with Crippen LogP contribution in [-0.2, 0) is 0 Å². The summed E-state index contributed by atoms with van der Waals surface area (Å²) in [6, 6.07) is 5.94. The first-order valence-corrected chi connectivity index (χ1v) is 7.00. The number of hydrogen-bond acceptors (Lipinski definition) is 2. The molecular weight excluding hydrogens is 285 g/mol. The van der Waals surface area contributed by atoms with Crippen molar-refractivity contribution in [2.75, 3.05) is 5.75 Å². The molecule has 0 amide bonds. The summed E-state index contributed by atoms with van der Waals surface area (Å²) in [5.41, 5.74) is 0.613. The lowest BCUT2D eigenvalue weighted by atomic mass is 10.0. The number of fused-ring (bicyclic) bond motifs is 1. The van der Waals surface area contributed by atoms with E-state index in [0.717, 1.165) is 0 Å². The van der Waals surface area contributed by atoms with Crippen LogP contribution in [0.15, 0.2) is 35.2 Å². The molecule has 0 bridgehead atoms. The van der Waals surface area contributed by atoms with Crippen molar-refractivity contribution in [1.82, 2.24) is 0 Å². The second-order valence-electron chi connectivity index (χ2n) is 4.48. The van der Waals surface area contributed by atoms with Gasteiger partial charge in [-0.2, -0.15) is 0 Å². The number of carbonyl (C=O) groups excluding carboxylic acids is 1. The smallest absolute Gasteiger partial charge is 0.164 e. The largest absolute Gasteiger partial charge is 0.294 e. The van der Waals surface area contributed by atoms with Crippen LogP contribution in [0.5, 0.6) is 0 Å². The summed E-state index contributed by atoms with van der Waals surface area (Å²) in [5.74, 6) is -2.16. The third kappa shape index (κ3) is 2.22. The number of Topliss-reactive ketones (excluding diaryl/α,β-unsaturated/α-hetero) is 1. The molecule has 1 aliphatic heterocycles. The number of rotatable bonds is 1. The van der Waals surface area contributed by atoms with Crippen LogP contribution in [0.2, 0.25) is 0 Å². The molecule has 2 aromatic rings. The Hall–Kier alpha value is -1.75. The normalized spacial score (nSPS) is 14.2. The third-order valence-corrected chi connectivity index (χ3v) is 4.22. The Morgan fingerprint density at radius 3 is 2.40 bits per heavy atom. The van der Waals surface area contributed by atoms with Crippen LogP contribution in [0, 0.1) is 17.5 Å². The van der Waals surface area contributed by atoms with Crippen LogP contribution in [-0.4, -0.2) is 11.5 Å². The van der Waals surface area contributed by atoms with Crippen LogP contribution in [0.25, 0.3) is 11.1 Å². The van der Waals surface area contributed by atoms with Gasteiger partial charge in [0, 0.05) is 34.8 Å². The molecule has 0 spiro atoms. The van der Waals surface area contributed by atoms with E-state index in [4.69, 9.17) is 0 Å². The van der Waals surface area contributed by atoms with E-state index < -0.39 is 17.5 Å². The van der Waals surface area contributed by atoms with Crippen molar-refractivity contribution >= 4 is 17.5 Å². The molecule has 0 atom stereocenters. The van der Waals surface area contributed by atoms with Crippen LogP contribution in [0.4, 0.5) is 13.2 Å². The zero-order valence-corrected chi connectivity index (χ0v) is 11.1. The zero-order chi connectivity index (χ0) is 14.3. The summed E-state index contributed by atoms with van der Waals surface area (Å²) in [6.07, 6.45) is 0.469. The van der Waals surface area contributed by atoms with Gasteiger partial charge in [0.2, 0.25) is 0 Å². The van der Waals surface area contributed by atoms with Crippen molar-refractivity contribution < 1.29 is 18.0 Å². The Morgan fingerprint density at radius 1 is 1.00 bits per heavy atom. The molecule has 0 aromatic heterocycles. The Labute approximate surface area is 117 Å². The summed E-state index contributed by atoms with van der Waals surface area (Å²) in [5, 5.41) is 0. The highest BCUT2D eigenvalue weighted by Crippen LogP contribution is 2.35. The van der Waals surface area contributed by atoms with Gasteiger partial charge in [0.05, 0.1) is 5.56 Å². The second kappa shape index (κ2) is 4.98. The average molecular weight is 294 g/mol. The van der Waals surface area contributed by atoms with Crippen molar-refractivity contribution in [3.63, 3.8) is 0 Å². The molecule has 20 heavy (non-hydrogen) atoms. The summed E-state index contributed by atoms with van der Waals surface area (Å²) < 4.78 is 40.4. The van der Waals surface area contributed by atoms with Crippen molar-refractivity contribution in [2.24, 2.45) is 0 Å². The molecule has 0 radical (unpaired) electrons. The SMILES string of the molecule is O=C1CCSc2cc(-c3c(F)cc(F)cc3F)ccc21. The Bertz CT molecular complexity index is 689. The predicted octanol–water partition coefficient (Wildman–Crippen LogP) is 4.45. The highest BCUT2D eigenvalue weighted by atomic mass is 32.2. The number of halogens is 3. The van der Waals surface area contributed by atoms with Gasteiger partial charge < -0.3 is 0 Å². The first-order chi connectivity index (χ1) is 9.56. The van der Waals surface area contributed by atoms with Crippen LogP contribution >= 0.6 is 11.8 Å². The Morgan fingerprint density at radius 2 is 1.70 bits per heavy atom. The van der Waals surface area contributed by atoms with Gasteiger partial charge in [-0.3, -0.25) is 4.79 Å². The highest BCUT2D eigenvalue weighted by molar-refractivity contribution is 7.99. The summed E-state index contributed by atoms with van der Waals surface area (Å²) in [4.78, 5) is 12.4. The highest BCUT2D eigenvalue weighted by Gasteiger charge is 2.20. The lowest BCUT2D eigenvalue weighted by molar-refractivity contribution is 0.0985. The van der Waals surface area contributed by atoms with E-state index in [1.54, 1.807) is 12.1 Å². The molecule has 0 fully saturated rings. The monoisotopic (exact) mass is 294 g/mol. The summed E-state index contributed by atoms with van der Waals surface area (Å²) in [7, 11) is 0. The van der Waals surface area contributed by atoms with Crippen molar-refractivity contribution in [3.8, 4) is 11.1 Å². The molecule has 102 valence electrons. The topological polar surface area (TPSA) is 17.1 Å². The van der Waals surface area contributed by atoms with Crippen LogP contribution in [0.3, 0.4) is 0 Å². The lowest BCUT2D eigenvalue weighted by Gasteiger charge is -2.15. The van der Waals surface area contributed by atoms with E-state index >= 15 is 0 Å². The van der Waals surface area contributed by atoms with E-state index in [0.29, 0.717) is 40.3 Å². The molecule has 1 aliphatic rings. The third-order valence-electron chi connectivity index (χ3n) is 3.16. The second-order valence-corrected chi connectivity index (χ2v) is 5.61. The molecule has 3 rings (SSSR count). The van der Waals surface area contributed by atoms with E-state index in [2.05, 4.69) is 0 Å². The number of ketones is 1. The lowest BCUT2D eigenvalue weighted by Crippen LogP contribution is -2.08. The fraction of sp³-hybridized carbons (Fsp3) is 0.133. The molecule has 2 aromatic carbocycles. The fourth-order valence-electron chi connectivity index (χ4n) is 2.23. The van der Waals surface area contributed by atoms with Gasteiger partial charge >= 0.3 is 0 Å². The zero-order valence-electron chi connectivity index (χ0n) is 10.3. The first kappa shape index (κ1) is 13.2. The number of thioether (sulfide) groups is 1. The molecule has 0 saturated carbocycles. The van der Waals surface area contributed by atoms with Gasteiger partial charge in [0.15, 0.2) is 5.78 Å². The molecule has 5 heteroatoms. The van der Waals surface area contributed by atoms with Crippen LogP contribution < -0.4 is 0 Å². The molecule has 1 nitrogen and oxygen atoms in total. The maximum Gasteiger partial charge on any atom is 0.164 e. The molecular formula is C15H9F3OS. The molecule has 0 N–H and O–H groups in total. The molecule has 1 heterocycles. The number of benzene rings is 2. The maximum atomic E-state index is 13.8. The van der Waals surface area contributed by atoms with Gasteiger partial charge in [-0.25, -0.2) is 13.2 Å². The van der Waals surface area contributed by atoms with Crippen LogP contribution in [0.1, 0.15) is 16.8 Å². The fourth-order valence-corrected chi connectivity index (χ4v) is 3.29.